The maximum atomic E-state index is 10.9. The third-order valence-electron chi connectivity index (χ3n) is 2.38. The fourth-order valence-electron chi connectivity index (χ4n) is 1.45. The first-order chi connectivity index (χ1) is 7.19. The van der Waals surface area contributed by atoms with Crippen LogP contribution in [-0.4, -0.2) is 34.0 Å². The van der Waals surface area contributed by atoms with Crippen LogP contribution in [0.3, 0.4) is 0 Å². The van der Waals surface area contributed by atoms with Crippen molar-refractivity contribution in [3.63, 3.8) is 0 Å². The third kappa shape index (κ3) is 3.02. The van der Waals surface area contributed by atoms with Crippen LogP contribution < -0.4 is 0 Å². The number of aromatic carboxylic acids is 1. The molecule has 0 fully saturated rings. The van der Waals surface area contributed by atoms with E-state index >= 15 is 0 Å². The predicted octanol–water partition coefficient (Wildman–Crippen LogP) is 1.62. The lowest BCUT2D eigenvalue weighted by Gasteiger charge is -2.18. The molecular formula is C11H16N2O2. The Morgan fingerprint density at radius 3 is 2.67 bits per heavy atom. The maximum Gasteiger partial charge on any atom is 0.354 e. The molecule has 4 nitrogen and oxygen atoms in total. The van der Waals surface area contributed by atoms with Gasteiger partial charge in [0.1, 0.15) is 0 Å². The molecule has 0 unspecified atom stereocenters. The van der Waals surface area contributed by atoms with Crippen molar-refractivity contribution in [2.24, 2.45) is 0 Å². The largest absolute Gasteiger partial charge is 0.477 e. The second kappa shape index (κ2) is 5.46. The Hall–Kier alpha value is -1.42. The molecule has 0 spiro atoms. The molecule has 0 amide bonds. The van der Waals surface area contributed by atoms with E-state index < -0.39 is 5.97 Å². The predicted molar refractivity (Wildman–Crippen MR) is 57.8 cm³/mol. The van der Waals surface area contributed by atoms with Crippen molar-refractivity contribution in [1.82, 2.24) is 9.88 Å². The van der Waals surface area contributed by atoms with Crippen molar-refractivity contribution in [3.8, 4) is 0 Å². The molecule has 0 bridgehead atoms. The van der Waals surface area contributed by atoms with Gasteiger partial charge in [-0.25, -0.2) is 9.78 Å². The normalized spacial score (nSPS) is 10.6. The SMILES string of the molecule is CCN(CC)Cc1cccnc1C(=O)O. The summed E-state index contributed by atoms with van der Waals surface area (Å²) in [5.74, 6) is -0.960. The number of rotatable bonds is 5. The van der Waals surface area contributed by atoms with Crippen LogP contribution in [0.15, 0.2) is 18.3 Å². The Bertz CT molecular complexity index is 335. The number of carboxylic acid groups (broad SMARTS) is 1. The molecular weight excluding hydrogens is 192 g/mol. The highest BCUT2D eigenvalue weighted by Gasteiger charge is 2.12. The fourth-order valence-corrected chi connectivity index (χ4v) is 1.45. The van der Waals surface area contributed by atoms with Gasteiger partial charge in [0.25, 0.3) is 0 Å². The number of hydrogen-bond acceptors (Lipinski definition) is 3. The van der Waals surface area contributed by atoms with Gasteiger partial charge in [-0.3, -0.25) is 4.90 Å². The van der Waals surface area contributed by atoms with E-state index in [1.54, 1.807) is 6.07 Å². The van der Waals surface area contributed by atoms with Gasteiger partial charge in [0.05, 0.1) is 0 Å². The van der Waals surface area contributed by atoms with E-state index in [1.165, 1.54) is 6.20 Å². The van der Waals surface area contributed by atoms with Crippen LogP contribution in [0.1, 0.15) is 29.9 Å². The number of hydrogen-bond donors (Lipinski definition) is 1. The molecule has 1 aromatic heterocycles. The highest BCUT2D eigenvalue weighted by atomic mass is 16.4. The first-order valence-corrected chi connectivity index (χ1v) is 5.08. The van der Waals surface area contributed by atoms with Gasteiger partial charge in [-0.2, -0.15) is 0 Å². The zero-order valence-electron chi connectivity index (χ0n) is 9.10. The quantitative estimate of drug-likeness (QED) is 0.799. The highest BCUT2D eigenvalue weighted by molar-refractivity contribution is 5.86. The van der Waals surface area contributed by atoms with E-state index in [0.717, 1.165) is 18.7 Å². The van der Waals surface area contributed by atoms with Crippen molar-refractivity contribution in [1.29, 1.82) is 0 Å². The molecule has 82 valence electrons. The molecule has 15 heavy (non-hydrogen) atoms. The van der Waals surface area contributed by atoms with E-state index in [0.29, 0.717) is 6.54 Å². The van der Waals surface area contributed by atoms with Crippen molar-refractivity contribution in [3.05, 3.63) is 29.6 Å². The van der Waals surface area contributed by atoms with E-state index in [4.69, 9.17) is 5.11 Å². The monoisotopic (exact) mass is 208 g/mol. The van der Waals surface area contributed by atoms with Gasteiger partial charge in [0.15, 0.2) is 5.69 Å². The first-order valence-electron chi connectivity index (χ1n) is 5.08. The number of carboxylic acids is 1. The van der Waals surface area contributed by atoms with Gasteiger partial charge in [-0.15, -0.1) is 0 Å². The Labute approximate surface area is 89.6 Å². The Morgan fingerprint density at radius 1 is 1.47 bits per heavy atom. The summed E-state index contributed by atoms with van der Waals surface area (Å²) in [5, 5.41) is 8.94. The summed E-state index contributed by atoms with van der Waals surface area (Å²) in [6.07, 6.45) is 1.51. The van der Waals surface area contributed by atoms with E-state index in [1.807, 2.05) is 6.07 Å². The van der Waals surface area contributed by atoms with Crippen LogP contribution >= 0.6 is 0 Å². The van der Waals surface area contributed by atoms with Crippen molar-refractivity contribution in [2.45, 2.75) is 20.4 Å². The zero-order chi connectivity index (χ0) is 11.3. The second-order valence-corrected chi connectivity index (χ2v) is 3.28. The summed E-state index contributed by atoms with van der Waals surface area (Å²) in [5.41, 5.74) is 0.929. The number of pyridine rings is 1. The topological polar surface area (TPSA) is 53.4 Å². The zero-order valence-corrected chi connectivity index (χ0v) is 9.10. The number of carbonyl (C=O) groups is 1. The van der Waals surface area contributed by atoms with Gasteiger partial charge in [0, 0.05) is 12.7 Å². The molecule has 0 saturated heterocycles. The van der Waals surface area contributed by atoms with Gasteiger partial charge < -0.3 is 5.11 Å². The lowest BCUT2D eigenvalue weighted by atomic mass is 10.2. The average molecular weight is 208 g/mol. The Balaban J connectivity index is 2.88. The van der Waals surface area contributed by atoms with E-state index in [9.17, 15) is 4.79 Å². The molecule has 0 aliphatic carbocycles. The Kier molecular flexibility index (Phi) is 4.24. The second-order valence-electron chi connectivity index (χ2n) is 3.28. The molecule has 4 heteroatoms. The molecule has 0 saturated carbocycles. The summed E-state index contributed by atoms with van der Waals surface area (Å²) in [7, 11) is 0. The molecule has 1 heterocycles. The van der Waals surface area contributed by atoms with Crippen molar-refractivity contribution < 1.29 is 9.90 Å². The van der Waals surface area contributed by atoms with Gasteiger partial charge >= 0.3 is 5.97 Å². The van der Waals surface area contributed by atoms with Gasteiger partial charge in [0.2, 0.25) is 0 Å². The fraction of sp³-hybridized carbons (Fsp3) is 0.455. The van der Waals surface area contributed by atoms with Gasteiger partial charge in [-0.05, 0) is 24.7 Å². The van der Waals surface area contributed by atoms with Crippen LogP contribution in [0.2, 0.25) is 0 Å². The molecule has 0 aliphatic heterocycles. The lowest BCUT2D eigenvalue weighted by Crippen LogP contribution is -2.23. The minimum absolute atomic E-state index is 0.157. The third-order valence-corrected chi connectivity index (χ3v) is 2.38. The molecule has 1 N–H and O–H groups in total. The molecule has 1 aromatic rings. The first kappa shape index (κ1) is 11.7. The van der Waals surface area contributed by atoms with Crippen LogP contribution in [0.25, 0.3) is 0 Å². The molecule has 0 aromatic carbocycles. The number of nitrogens with zero attached hydrogens (tertiary/aromatic N) is 2. The average Bonchev–Trinajstić information content (AvgIpc) is 2.26. The summed E-state index contributed by atoms with van der Waals surface area (Å²) < 4.78 is 0. The van der Waals surface area contributed by atoms with E-state index in [2.05, 4.69) is 23.7 Å². The molecule has 1 rings (SSSR count). The minimum atomic E-state index is -0.960. The summed E-state index contributed by atoms with van der Waals surface area (Å²) in [6, 6.07) is 3.58. The maximum absolute atomic E-state index is 10.9. The summed E-state index contributed by atoms with van der Waals surface area (Å²) >= 11 is 0. The molecule has 0 radical (unpaired) electrons. The molecule has 0 atom stereocenters. The number of aromatic nitrogens is 1. The Morgan fingerprint density at radius 2 is 2.13 bits per heavy atom. The van der Waals surface area contributed by atoms with Crippen LogP contribution in [-0.2, 0) is 6.54 Å². The molecule has 0 aliphatic rings. The minimum Gasteiger partial charge on any atom is -0.477 e. The van der Waals surface area contributed by atoms with E-state index in [-0.39, 0.29) is 5.69 Å². The summed E-state index contributed by atoms with van der Waals surface area (Å²) in [6.45, 7) is 6.57. The smallest absolute Gasteiger partial charge is 0.354 e. The van der Waals surface area contributed by atoms with Crippen LogP contribution in [0.5, 0.6) is 0 Å². The highest BCUT2D eigenvalue weighted by Crippen LogP contribution is 2.08. The van der Waals surface area contributed by atoms with Crippen molar-refractivity contribution >= 4 is 5.97 Å². The van der Waals surface area contributed by atoms with Gasteiger partial charge in [-0.1, -0.05) is 19.9 Å². The summed E-state index contributed by atoms with van der Waals surface area (Å²) in [4.78, 5) is 16.9. The standard InChI is InChI=1S/C11H16N2O2/c1-3-13(4-2)8-9-6-5-7-12-10(9)11(14)15/h5-7H,3-4,8H2,1-2H3,(H,14,15). The lowest BCUT2D eigenvalue weighted by molar-refractivity contribution is 0.0688. The van der Waals surface area contributed by atoms with Crippen molar-refractivity contribution in [2.75, 3.05) is 13.1 Å². The van der Waals surface area contributed by atoms with Crippen LogP contribution in [0, 0.1) is 0 Å². The van der Waals surface area contributed by atoms with Crippen LogP contribution in [0.4, 0.5) is 0 Å².